The molecule has 0 aromatic heterocycles. The maximum atomic E-state index is 11.8. The van der Waals surface area contributed by atoms with E-state index < -0.39 is 0 Å². The van der Waals surface area contributed by atoms with Crippen LogP contribution in [-0.2, 0) is 14.3 Å². The number of esters is 2. The average Bonchev–Trinajstić information content (AvgIpc) is 2.75. The number of benzene rings is 1. The SMILES string of the molecule is CCCCCCCCCCCCCOC(=O)CCCC(=O)Oc1ccc(SC)cc1. The van der Waals surface area contributed by atoms with E-state index in [1.807, 2.05) is 18.4 Å². The van der Waals surface area contributed by atoms with Crippen LogP contribution in [0, 0.1) is 0 Å². The fraction of sp³-hybridized carbons (Fsp3) is 0.680. The molecule has 0 spiro atoms. The Morgan fingerprint density at radius 1 is 0.733 bits per heavy atom. The maximum absolute atomic E-state index is 11.8. The average molecular weight is 437 g/mol. The lowest BCUT2D eigenvalue weighted by Gasteiger charge is -2.06. The predicted molar refractivity (Wildman–Crippen MR) is 125 cm³/mol. The van der Waals surface area contributed by atoms with Gasteiger partial charge in [0.2, 0.25) is 0 Å². The van der Waals surface area contributed by atoms with Crippen molar-refractivity contribution in [3.63, 3.8) is 0 Å². The van der Waals surface area contributed by atoms with E-state index in [1.54, 1.807) is 23.9 Å². The molecule has 0 unspecified atom stereocenters. The van der Waals surface area contributed by atoms with Gasteiger partial charge in [-0.15, -0.1) is 11.8 Å². The predicted octanol–water partition coefficient (Wildman–Crippen LogP) is 7.34. The van der Waals surface area contributed by atoms with Crippen molar-refractivity contribution in [2.45, 2.75) is 102 Å². The van der Waals surface area contributed by atoms with Crippen LogP contribution in [0.3, 0.4) is 0 Å². The molecule has 1 rings (SSSR count). The third-order valence-corrected chi connectivity index (χ3v) is 5.81. The van der Waals surface area contributed by atoms with Gasteiger partial charge in [0.1, 0.15) is 5.75 Å². The molecule has 0 saturated carbocycles. The first-order valence-corrected chi connectivity index (χ1v) is 12.9. The van der Waals surface area contributed by atoms with Gasteiger partial charge in [0.15, 0.2) is 0 Å². The molecule has 0 atom stereocenters. The van der Waals surface area contributed by atoms with E-state index in [2.05, 4.69) is 6.92 Å². The number of hydrogen-bond acceptors (Lipinski definition) is 5. The highest BCUT2D eigenvalue weighted by Crippen LogP contribution is 2.19. The lowest BCUT2D eigenvalue weighted by Crippen LogP contribution is -2.10. The molecule has 0 aliphatic carbocycles. The summed E-state index contributed by atoms with van der Waals surface area (Å²) >= 11 is 1.64. The molecule has 0 aliphatic heterocycles. The summed E-state index contributed by atoms with van der Waals surface area (Å²) in [5, 5.41) is 0. The molecule has 1 aromatic carbocycles. The van der Waals surface area contributed by atoms with Crippen molar-refractivity contribution in [2.24, 2.45) is 0 Å². The number of thioether (sulfide) groups is 1. The number of unbranched alkanes of at least 4 members (excludes halogenated alkanes) is 10. The highest BCUT2D eigenvalue weighted by molar-refractivity contribution is 7.98. The molecular weight excluding hydrogens is 396 g/mol. The molecule has 0 radical (unpaired) electrons. The summed E-state index contributed by atoms with van der Waals surface area (Å²) in [4.78, 5) is 24.7. The standard InChI is InChI=1S/C25H40O4S/c1-3-4-5-6-7-8-9-10-11-12-13-21-28-24(26)15-14-16-25(27)29-22-17-19-23(30-2)20-18-22/h17-20H,3-16,21H2,1-2H3. The van der Waals surface area contributed by atoms with Crippen LogP contribution < -0.4 is 4.74 Å². The molecule has 0 N–H and O–H groups in total. The Kier molecular flexibility index (Phi) is 16.2. The molecule has 0 bridgehead atoms. The Hall–Kier alpha value is -1.49. The van der Waals surface area contributed by atoms with Gasteiger partial charge in [0.05, 0.1) is 6.61 Å². The zero-order valence-electron chi connectivity index (χ0n) is 19.0. The Morgan fingerprint density at radius 3 is 1.83 bits per heavy atom. The first-order chi connectivity index (χ1) is 14.7. The summed E-state index contributed by atoms with van der Waals surface area (Å²) in [6.45, 7) is 2.74. The highest BCUT2D eigenvalue weighted by Gasteiger charge is 2.08. The first-order valence-electron chi connectivity index (χ1n) is 11.7. The Labute approximate surface area is 187 Å². The highest BCUT2D eigenvalue weighted by atomic mass is 32.2. The van der Waals surface area contributed by atoms with Crippen LogP contribution in [0.4, 0.5) is 0 Å². The molecule has 0 fully saturated rings. The summed E-state index contributed by atoms with van der Waals surface area (Å²) in [6.07, 6.45) is 17.0. The molecule has 170 valence electrons. The van der Waals surface area contributed by atoms with Gasteiger partial charge >= 0.3 is 11.9 Å². The van der Waals surface area contributed by atoms with Crippen molar-refractivity contribution in [2.75, 3.05) is 12.9 Å². The number of ether oxygens (including phenoxy) is 2. The zero-order chi connectivity index (χ0) is 21.9. The van der Waals surface area contributed by atoms with Gasteiger partial charge in [0, 0.05) is 17.7 Å². The molecule has 0 amide bonds. The molecule has 0 saturated heterocycles. The van der Waals surface area contributed by atoms with Crippen molar-refractivity contribution < 1.29 is 19.1 Å². The van der Waals surface area contributed by atoms with Gasteiger partial charge in [0.25, 0.3) is 0 Å². The van der Waals surface area contributed by atoms with Crippen LogP contribution >= 0.6 is 11.8 Å². The van der Waals surface area contributed by atoms with Crippen LogP contribution in [0.2, 0.25) is 0 Å². The van der Waals surface area contributed by atoms with Crippen molar-refractivity contribution >= 4 is 23.7 Å². The van der Waals surface area contributed by atoms with Crippen molar-refractivity contribution in [3.05, 3.63) is 24.3 Å². The van der Waals surface area contributed by atoms with E-state index in [1.165, 1.54) is 57.8 Å². The summed E-state index contributed by atoms with van der Waals surface area (Å²) < 4.78 is 10.5. The van der Waals surface area contributed by atoms with Gasteiger partial charge in [-0.05, 0) is 43.4 Å². The second-order valence-electron chi connectivity index (χ2n) is 7.76. The lowest BCUT2D eigenvalue weighted by molar-refractivity contribution is -0.144. The Balaban J connectivity index is 1.91. The largest absolute Gasteiger partial charge is 0.466 e. The topological polar surface area (TPSA) is 52.6 Å². The van der Waals surface area contributed by atoms with Crippen LogP contribution in [0.25, 0.3) is 0 Å². The summed E-state index contributed by atoms with van der Waals surface area (Å²) in [7, 11) is 0. The van der Waals surface area contributed by atoms with Crippen molar-refractivity contribution in [3.8, 4) is 5.75 Å². The fourth-order valence-corrected chi connectivity index (χ4v) is 3.64. The second kappa shape index (κ2) is 18.3. The van der Waals surface area contributed by atoms with E-state index in [-0.39, 0.29) is 24.8 Å². The van der Waals surface area contributed by atoms with E-state index in [4.69, 9.17) is 9.47 Å². The minimum Gasteiger partial charge on any atom is -0.466 e. The van der Waals surface area contributed by atoms with Gasteiger partial charge < -0.3 is 9.47 Å². The summed E-state index contributed by atoms with van der Waals surface area (Å²) in [5.41, 5.74) is 0. The normalized spacial score (nSPS) is 10.7. The zero-order valence-corrected chi connectivity index (χ0v) is 19.8. The molecule has 5 heteroatoms. The van der Waals surface area contributed by atoms with E-state index in [9.17, 15) is 9.59 Å². The quantitative estimate of drug-likeness (QED) is 0.104. The molecule has 0 heterocycles. The van der Waals surface area contributed by atoms with Crippen LogP contribution in [-0.4, -0.2) is 24.8 Å². The van der Waals surface area contributed by atoms with Gasteiger partial charge in [-0.3, -0.25) is 9.59 Å². The number of rotatable bonds is 18. The monoisotopic (exact) mass is 436 g/mol. The third kappa shape index (κ3) is 14.5. The van der Waals surface area contributed by atoms with E-state index in [0.717, 1.165) is 17.7 Å². The fourth-order valence-electron chi connectivity index (χ4n) is 3.23. The van der Waals surface area contributed by atoms with Crippen LogP contribution in [0.15, 0.2) is 29.2 Å². The maximum Gasteiger partial charge on any atom is 0.311 e. The molecule has 30 heavy (non-hydrogen) atoms. The molecule has 0 aliphatic rings. The van der Waals surface area contributed by atoms with Gasteiger partial charge in [-0.2, -0.15) is 0 Å². The van der Waals surface area contributed by atoms with E-state index >= 15 is 0 Å². The van der Waals surface area contributed by atoms with Crippen molar-refractivity contribution in [1.29, 1.82) is 0 Å². The second-order valence-corrected chi connectivity index (χ2v) is 8.64. The van der Waals surface area contributed by atoms with Gasteiger partial charge in [-0.1, -0.05) is 71.1 Å². The van der Waals surface area contributed by atoms with Crippen molar-refractivity contribution in [1.82, 2.24) is 0 Å². The van der Waals surface area contributed by atoms with Crippen LogP contribution in [0.1, 0.15) is 96.8 Å². The minimum atomic E-state index is -0.315. The molecular formula is C25H40O4S. The lowest BCUT2D eigenvalue weighted by atomic mass is 10.1. The smallest absolute Gasteiger partial charge is 0.311 e. The van der Waals surface area contributed by atoms with Gasteiger partial charge in [-0.25, -0.2) is 0 Å². The number of hydrogen-bond donors (Lipinski definition) is 0. The summed E-state index contributed by atoms with van der Waals surface area (Å²) in [5.74, 6) is 0.00105. The molecule has 4 nitrogen and oxygen atoms in total. The Morgan fingerprint density at radius 2 is 1.27 bits per heavy atom. The third-order valence-electron chi connectivity index (χ3n) is 5.06. The number of carbonyl (C=O) groups is 2. The minimum absolute atomic E-state index is 0.220. The van der Waals surface area contributed by atoms with E-state index in [0.29, 0.717) is 18.8 Å². The number of carbonyl (C=O) groups excluding carboxylic acids is 2. The summed E-state index contributed by atoms with van der Waals surface area (Å²) in [6, 6.07) is 7.40. The Bertz CT molecular complexity index is 571. The first kappa shape index (κ1) is 26.5. The molecule has 1 aromatic rings. The van der Waals surface area contributed by atoms with Crippen LogP contribution in [0.5, 0.6) is 5.75 Å².